The third-order valence-corrected chi connectivity index (χ3v) is 23.6. The number of hydrogen-bond acceptors (Lipinski definition) is 1. The molecule has 0 unspecified atom stereocenters. The van der Waals surface area contributed by atoms with Crippen LogP contribution in [0.5, 0.6) is 0 Å². The summed E-state index contributed by atoms with van der Waals surface area (Å²) in [6, 6.07) is 0. The van der Waals surface area contributed by atoms with Crippen LogP contribution in [0.2, 0.25) is 11.9 Å². The van der Waals surface area contributed by atoms with Crippen molar-refractivity contribution >= 4 is 21.2 Å². The zero-order valence-electron chi connectivity index (χ0n) is 12.0. The van der Waals surface area contributed by atoms with Gasteiger partial charge in [-0.15, -0.1) is 0 Å². The Bertz CT molecular complexity index is 126. The van der Waals surface area contributed by atoms with Crippen LogP contribution in [-0.2, 0) is 4.74 Å². The van der Waals surface area contributed by atoms with Crippen LogP contribution in [0.15, 0.2) is 0 Å². The molecule has 0 rings (SSSR count). The fourth-order valence-corrected chi connectivity index (χ4v) is 22.4. The van der Waals surface area contributed by atoms with E-state index in [-0.39, 0.29) is 0 Å². The molecule has 0 spiro atoms. The molecule has 0 N–H and O–H groups in total. The van der Waals surface area contributed by atoms with Crippen molar-refractivity contribution in [2.75, 3.05) is 11.3 Å². The Hall–Kier alpha value is 0.882. The van der Waals surface area contributed by atoms with Crippen molar-refractivity contribution in [1.82, 2.24) is 0 Å². The summed E-state index contributed by atoms with van der Waals surface area (Å²) in [6.45, 7) is 6.97. The van der Waals surface area contributed by atoms with E-state index in [1.165, 1.54) is 42.7 Å². The number of unbranched alkanes of at least 4 members (excludes halogenated alkanes) is 3. The van der Waals surface area contributed by atoms with Crippen molar-refractivity contribution in [3.8, 4) is 0 Å². The van der Waals surface area contributed by atoms with Gasteiger partial charge in [-0.3, -0.25) is 0 Å². The quantitative estimate of drug-likeness (QED) is 0.424. The van der Waals surface area contributed by atoms with Crippen molar-refractivity contribution in [3.05, 3.63) is 0 Å². The fraction of sp³-hybridized carbons (Fsp3) is 1.00. The second kappa shape index (κ2) is 11.0. The summed E-state index contributed by atoms with van der Waals surface area (Å²) in [6.07, 6.45) is 8.46. The summed E-state index contributed by atoms with van der Waals surface area (Å²) >= 11 is -2.02. The molecule has 1 nitrogen and oxygen atoms in total. The van der Waals surface area contributed by atoms with Gasteiger partial charge in [0.25, 0.3) is 0 Å². The van der Waals surface area contributed by atoms with Crippen LogP contribution in [0.25, 0.3) is 0 Å². The summed E-state index contributed by atoms with van der Waals surface area (Å²) < 4.78 is 11.5. The predicted molar refractivity (Wildman–Crippen MR) is 76.8 cm³/mol. The first-order valence-corrected chi connectivity index (χ1v) is 18.2. The molecule has 0 amide bonds. The topological polar surface area (TPSA) is 9.23 Å². The van der Waals surface area contributed by atoms with Gasteiger partial charge in [0.2, 0.25) is 0 Å². The summed E-state index contributed by atoms with van der Waals surface area (Å²) in [5.74, 6) is 0. The standard InChI is InChI=1S/3C4H9.C2H5O.Pb/c3*1-3-4-2;1-3-2;/h3*1,3-4H2,2H3;1H2,2H3;. The number of methoxy groups -OCH3 is 1. The van der Waals surface area contributed by atoms with Crippen LogP contribution in [0.3, 0.4) is 0 Å². The van der Waals surface area contributed by atoms with Crippen molar-refractivity contribution in [3.63, 3.8) is 0 Å². The maximum atomic E-state index is 5.60. The van der Waals surface area contributed by atoms with Crippen molar-refractivity contribution in [2.24, 2.45) is 0 Å². The van der Waals surface area contributed by atoms with Crippen LogP contribution in [0.4, 0.5) is 0 Å². The number of rotatable bonds is 11. The van der Waals surface area contributed by atoms with Crippen LogP contribution < -0.4 is 0 Å². The Morgan fingerprint density at radius 3 is 1.38 bits per heavy atom. The van der Waals surface area contributed by atoms with E-state index in [9.17, 15) is 0 Å². The van der Waals surface area contributed by atoms with Crippen molar-refractivity contribution < 1.29 is 4.74 Å². The molecule has 0 heterocycles. The van der Waals surface area contributed by atoms with Gasteiger partial charge in [-0.2, -0.15) is 0 Å². The minimum atomic E-state index is -2.02. The molecular formula is C14H32OPb. The third-order valence-electron chi connectivity index (χ3n) is 3.63. The summed E-state index contributed by atoms with van der Waals surface area (Å²) in [4.78, 5) is 0. The van der Waals surface area contributed by atoms with Gasteiger partial charge < -0.3 is 0 Å². The van der Waals surface area contributed by atoms with Crippen molar-refractivity contribution in [2.45, 2.75) is 71.2 Å². The molecule has 0 aliphatic rings. The molecule has 0 aromatic heterocycles. The Morgan fingerprint density at radius 2 is 1.12 bits per heavy atom. The van der Waals surface area contributed by atoms with E-state index in [2.05, 4.69) is 20.8 Å². The molecule has 0 aliphatic heterocycles. The fourth-order valence-electron chi connectivity index (χ4n) is 2.55. The Labute approximate surface area is 108 Å². The minimum absolute atomic E-state index is 1.19. The summed E-state index contributed by atoms with van der Waals surface area (Å²) in [5, 5.41) is 0. The third kappa shape index (κ3) is 7.26. The van der Waals surface area contributed by atoms with E-state index in [1.54, 1.807) is 11.9 Å². The van der Waals surface area contributed by atoms with Crippen LogP contribution in [0.1, 0.15) is 59.3 Å². The molecule has 2 heteroatoms. The molecule has 0 fully saturated rings. The van der Waals surface area contributed by atoms with Crippen LogP contribution >= 0.6 is 0 Å². The molecule has 98 valence electrons. The summed E-state index contributed by atoms with van der Waals surface area (Å²) in [5.41, 5.74) is 0. The average molecular weight is 424 g/mol. The van der Waals surface area contributed by atoms with Gasteiger partial charge in [-0.1, -0.05) is 0 Å². The van der Waals surface area contributed by atoms with Gasteiger partial charge in [0.15, 0.2) is 0 Å². The molecule has 0 bridgehead atoms. The first kappa shape index (κ1) is 16.9. The van der Waals surface area contributed by atoms with Gasteiger partial charge in [0.1, 0.15) is 0 Å². The maximum absolute atomic E-state index is 5.60. The predicted octanol–water partition coefficient (Wildman–Crippen LogP) is 5.02. The Kier molecular flexibility index (Phi) is 11.6. The molecule has 16 heavy (non-hydrogen) atoms. The number of hydrogen-bond donors (Lipinski definition) is 0. The van der Waals surface area contributed by atoms with E-state index in [0.717, 1.165) is 0 Å². The van der Waals surface area contributed by atoms with Gasteiger partial charge >= 0.3 is 108 Å². The molecular weight excluding hydrogens is 391 g/mol. The van der Waals surface area contributed by atoms with E-state index in [1.807, 2.05) is 7.11 Å². The Balaban J connectivity index is 4.32. The molecule has 0 aliphatic carbocycles. The molecule has 0 saturated carbocycles. The zero-order chi connectivity index (χ0) is 12.3. The monoisotopic (exact) mass is 424 g/mol. The summed E-state index contributed by atoms with van der Waals surface area (Å²) in [7, 11) is 1.92. The van der Waals surface area contributed by atoms with Crippen LogP contribution in [-0.4, -0.2) is 32.4 Å². The van der Waals surface area contributed by atoms with E-state index >= 15 is 0 Å². The molecule has 0 radical (unpaired) electrons. The molecule has 0 saturated heterocycles. The first-order chi connectivity index (χ1) is 7.74. The van der Waals surface area contributed by atoms with E-state index in [4.69, 9.17) is 4.74 Å². The SMILES string of the molecule is CCC[CH2][Pb]([CH2]CCC)([CH2]CCC)[CH2]OC. The van der Waals surface area contributed by atoms with E-state index in [0.29, 0.717) is 0 Å². The van der Waals surface area contributed by atoms with Crippen molar-refractivity contribution in [1.29, 1.82) is 0 Å². The second-order valence-electron chi connectivity index (χ2n) is 5.24. The Morgan fingerprint density at radius 1 is 0.750 bits per heavy atom. The normalized spacial score (nSPS) is 12.0. The molecule has 0 aromatic carbocycles. The van der Waals surface area contributed by atoms with Crippen LogP contribution in [0, 0.1) is 0 Å². The molecule has 0 aromatic rings. The van der Waals surface area contributed by atoms with Gasteiger partial charge in [-0.05, 0) is 0 Å². The van der Waals surface area contributed by atoms with Gasteiger partial charge in [-0.25, -0.2) is 0 Å². The first-order valence-electron chi connectivity index (χ1n) is 7.23. The zero-order valence-corrected chi connectivity index (χ0v) is 15.9. The van der Waals surface area contributed by atoms with E-state index < -0.39 is 21.2 Å². The average Bonchev–Trinajstić information content (AvgIpc) is 2.31. The molecule has 0 atom stereocenters. The van der Waals surface area contributed by atoms with Gasteiger partial charge in [0, 0.05) is 0 Å². The number of ether oxygens (including phenoxy) is 1. The van der Waals surface area contributed by atoms with Gasteiger partial charge in [0.05, 0.1) is 0 Å². The second-order valence-corrected chi connectivity index (χ2v) is 23.9.